The van der Waals surface area contributed by atoms with Gasteiger partial charge >= 0.3 is 0 Å². The molecule has 0 radical (unpaired) electrons. The zero-order valence-corrected chi connectivity index (χ0v) is 13.4. The standard InChI is InChI=1S/C17H29N3/c1-13(2)9-19-11-16-10-18-8-7-17(16)20(14(3)4)12-15-5-6-15/h7-8,10,13-15,19H,5-6,9,11-12H2,1-4H3. The number of hydrogen-bond donors (Lipinski definition) is 1. The molecule has 1 N–H and O–H groups in total. The average Bonchev–Trinajstić information content (AvgIpc) is 3.20. The number of nitrogens with zero attached hydrogens (tertiary/aromatic N) is 2. The summed E-state index contributed by atoms with van der Waals surface area (Å²) in [7, 11) is 0. The third-order valence-corrected chi connectivity index (χ3v) is 3.83. The van der Waals surface area contributed by atoms with Crippen LogP contribution >= 0.6 is 0 Å². The van der Waals surface area contributed by atoms with Gasteiger partial charge in [-0.15, -0.1) is 0 Å². The van der Waals surface area contributed by atoms with E-state index in [0.29, 0.717) is 12.0 Å². The van der Waals surface area contributed by atoms with Crippen LogP contribution in [0, 0.1) is 11.8 Å². The number of rotatable bonds is 8. The van der Waals surface area contributed by atoms with Gasteiger partial charge in [0, 0.05) is 42.8 Å². The van der Waals surface area contributed by atoms with Crippen LogP contribution in [0.4, 0.5) is 5.69 Å². The van der Waals surface area contributed by atoms with Crippen LogP contribution in [-0.4, -0.2) is 24.1 Å². The molecular formula is C17H29N3. The maximum Gasteiger partial charge on any atom is 0.0445 e. The fraction of sp³-hybridized carbons (Fsp3) is 0.706. The number of aromatic nitrogens is 1. The van der Waals surface area contributed by atoms with E-state index in [1.54, 1.807) is 0 Å². The van der Waals surface area contributed by atoms with Gasteiger partial charge < -0.3 is 10.2 Å². The Morgan fingerprint density at radius 3 is 2.65 bits per heavy atom. The molecule has 1 saturated carbocycles. The summed E-state index contributed by atoms with van der Waals surface area (Å²) in [5.74, 6) is 1.59. The number of nitrogens with one attached hydrogen (secondary N) is 1. The second kappa shape index (κ2) is 7.07. The summed E-state index contributed by atoms with van der Waals surface area (Å²) >= 11 is 0. The van der Waals surface area contributed by atoms with E-state index >= 15 is 0 Å². The number of anilines is 1. The summed E-state index contributed by atoms with van der Waals surface area (Å²) in [6.45, 7) is 12.2. The van der Waals surface area contributed by atoms with Crippen LogP contribution < -0.4 is 10.2 Å². The van der Waals surface area contributed by atoms with Crippen LogP contribution in [0.3, 0.4) is 0 Å². The van der Waals surface area contributed by atoms with Crippen molar-refractivity contribution in [3.8, 4) is 0 Å². The van der Waals surface area contributed by atoms with Gasteiger partial charge in [-0.1, -0.05) is 13.8 Å². The smallest absolute Gasteiger partial charge is 0.0445 e. The monoisotopic (exact) mass is 275 g/mol. The number of hydrogen-bond acceptors (Lipinski definition) is 3. The Morgan fingerprint density at radius 1 is 1.30 bits per heavy atom. The molecule has 0 bridgehead atoms. The fourth-order valence-corrected chi connectivity index (χ4v) is 2.50. The largest absolute Gasteiger partial charge is 0.368 e. The zero-order valence-electron chi connectivity index (χ0n) is 13.4. The highest BCUT2D eigenvalue weighted by atomic mass is 15.2. The van der Waals surface area contributed by atoms with Gasteiger partial charge in [-0.05, 0) is 51.1 Å². The van der Waals surface area contributed by atoms with Gasteiger partial charge in [0.25, 0.3) is 0 Å². The highest BCUT2D eigenvalue weighted by molar-refractivity contribution is 5.53. The van der Waals surface area contributed by atoms with Crippen molar-refractivity contribution >= 4 is 5.69 Å². The molecule has 1 aromatic heterocycles. The van der Waals surface area contributed by atoms with Crippen molar-refractivity contribution in [3.63, 3.8) is 0 Å². The van der Waals surface area contributed by atoms with Crippen molar-refractivity contribution in [2.75, 3.05) is 18.0 Å². The van der Waals surface area contributed by atoms with Crippen LogP contribution in [0.5, 0.6) is 0 Å². The van der Waals surface area contributed by atoms with Gasteiger partial charge in [-0.3, -0.25) is 4.98 Å². The van der Waals surface area contributed by atoms with Crippen LogP contribution in [-0.2, 0) is 6.54 Å². The first-order valence-electron chi connectivity index (χ1n) is 7.98. The maximum absolute atomic E-state index is 4.31. The van der Waals surface area contributed by atoms with E-state index in [1.807, 2.05) is 12.4 Å². The van der Waals surface area contributed by atoms with Crippen LogP contribution in [0.2, 0.25) is 0 Å². The molecule has 2 rings (SSSR count). The van der Waals surface area contributed by atoms with Crippen molar-refractivity contribution in [2.24, 2.45) is 11.8 Å². The molecule has 0 spiro atoms. The second-order valence-electron chi connectivity index (χ2n) is 6.72. The van der Waals surface area contributed by atoms with Crippen molar-refractivity contribution in [2.45, 2.75) is 53.1 Å². The van der Waals surface area contributed by atoms with E-state index in [9.17, 15) is 0 Å². The number of pyridine rings is 1. The van der Waals surface area contributed by atoms with Gasteiger partial charge in [-0.2, -0.15) is 0 Å². The van der Waals surface area contributed by atoms with E-state index in [0.717, 1.165) is 19.0 Å². The Bertz CT molecular complexity index is 410. The predicted molar refractivity (Wildman–Crippen MR) is 86.0 cm³/mol. The highest BCUT2D eigenvalue weighted by Crippen LogP contribution is 2.33. The lowest BCUT2D eigenvalue weighted by Crippen LogP contribution is -2.34. The molecule has 3 nitrogen and oxygen atoms in total. The zero-order chi connectivity index (χ0) is 14.5. The molecule has 1 aliphatic carbocycles. The topological polar surface area (TPSA) is 28.2 Å². The van der Waals surface area contributed by atoms with Gasteiger partial charge in [0.2, 0.25) is 0 Å². The van der Waals surface area contributed by atoms with Gasteiger partial charge in [0.05, 0.1) is 0 Å². The quantitative estimate of drug-likeness (QED) is 0.787. The van der Waals surface area contributed by atoms with E-state index in [1.165, 1.54) is 30.6 Å². The summed E-state index contributed by atoms with van der Waals surface area (Å²) in [6.07, 6.45) is 6.74. The summed E-state index contributed by atoms with van der Waals surface area (Å²) in [6, 6.07) is 2.72. The van der Waals surface area contributed by atoms with Gasteiger partial charge in [0.1, 0.15) is 0 Å². The molecule has 20 heavy (non-hydrogen) atoms. The first-order valence-corrected chi connectivity index (χ1v) is 7.98. The third-order valence-electron chi connectivity index (χ3n) is 3.83. The summed E-state index contributed by atoms with van der Waals surface area (Å²) in [5.41, 5.74) is 2.68. The van der Waals surface area contributed by atoms with Crippen molar-refractivity contribution < 1.29 is 0 Å². The lowest BCUT2D eigenvalue weighted by molar-refractivity contribution is 0.550. The molecule has 3 heteroatoms. The van der Waals surface area contributed by atoms with Gasteiger partial charge in [-0.25, -0.2) is 0 Å². The minimum Gasteiger partial charge on any atom is -0.368 e. The minimum atomic E-state index is 0.543. The molecule has 1 heterocycles. The normalized spacial score (nSPS) is 15.1. The first-order chi connectivity index (χ1) is 9.58. The summed E-state index contributed by atoms with van der Waals surface area (Å²) in [4.78, 5) is 6.86. The third kappa shape index (κ3) is 4.48. The summed E-state index contributed by atoms with van der Waals surface area (Å²) in [5, 5.41) is 3.54. The van der Waals surface area contributed by atoms with Crippen LogP contribution in [0.1, 0.15) is 46.1 Å². The highest BCUT2D eigenvalue weighted by Gasteiger charge is 2.26. The molecule has 0 amide bonds. The molecule has 0 aromatic carbocycles. The van der Waals surface area contributed by atoms with E-state index in [-0.39, 0.29) is 0 Å². The molecule has 0 unspecified atom stereocenters. The van der Waals surface area contributed by atoms with Crippen molar-refractivity contribution in [1.29, 1.82) is 0 Å². The second-order valence-corrected chi connectivity index (χ2v) is 6.72. The molecular weight excluding hydrogens is 246 g/mol. The van der Waals surface area contributed by atoms with Gasteiger partial charge in [0.15, 0.2) is 0 Å². The van der Waals surface area contributed by atoms with Crippen molar-refractivity contribution in [3.05, 3.63) is 24.0 Å². The lowest BCUT2D eigenvalue weighted by atomic mass is 10.1. The molecule has 0 atom stereocenters. The molecule has 1 aliphatic rings. The van der Waals surface area contributed by atoms with Crippen molar-refractivity contribution in [1.82, 2.24) is 10.3 Å². The Morgan fingerprint density at radius 2 is 2.05 bits per heavy atom. The predicted octanol–water partition coefficient (Wildman–Crippen LogP) is 3.45. The fourth-order valence-electron chi connectivity index (χ4n) is 2.50. The Labute approximate surface area is 123 Å². The molecule has 0 aliphatic heterocycles. The maximum atomic E-state index is 4.31. The molecule has 0 saturated heterocycles. The molecule has 1 aromatic rings. The Hall–Kier alpha value is -1.09. The average molecular weight is 275 g/mol. The first kappa shape index (κ1) is 15.3. The minimum absolute atomic E-state index is 0.543. The van der Waals surface area contributed by atoms with Crippen LogP contribution in [0.15, 0.2) is 18.5 Å². The summed E-state index contributed by atoms with van der Waals surface area (Å²) < 4.78 is 0. The lowest BCUT2D eigenvalue weighted by Gasteiger charge is -2.31. The van der Waals surface area contributed by atoms with E-state index in [2.05, 4.69) is 49.0 Å². The van der Waals surface area contributed by atoms with Crippen LogP contribution in [0.25, 0.3) is 0 Å². The molecule has 1 fully saturated rings. The Balaban J connectivity index is 2.07. The SMILES string of the molecule is CC(C)CNCc1cnccc1N(CC1CC1)C(C)C. The Kier molecular flexibility index (Phi) is 5.41. The van der Waals surface area contributed by atoms with E-state index in [4.69, 9.17) is 0 Å². The molecule has 112 valence electrons. The van der Waals surface area contributed by atoms with E-state index < -0.39 is 0 Å².